The summed E-state index contributed by atoms with van der Waals surface area (Å²) in [4.78, 5) is 0. The third kappa shape index (κ3) is 1.93. The summed E-state index contributed by atoms with van der Waals surface area (Å²) in [6.45, 7) is 7.43. The molecule has 7 atom stereocenters. The number of allylic oxidation sites excluding steroid dienone is 2. The Morgan fingerprint density at radius 2 is 1.82 bits per heavy atom. The number of hydrogen-bond donors (Lipinski definition) is 1. The van der Waals surface area contributed by atoms with E-state index in [0.29, 0.717) is 10.8 Å². The lowest BCUT2D eigenvalue weighted by molar-refractivity contribution is -0.116. The Labute approximate surface area is 136 Å². The van der Waals surface area contributed by atoms with Crippen LogP contribution in [0.25, 0.3) is 0 Å². The van der Waals surface area contributed by atoms with Gasteiger partial charge in [0.2, 0.25) is 0 Å². The van der Waals surface area contributed by atoms with Crippen LogP contribution in [0.15, 0.2) is 11.6 Å². The Balaban J connectivity index is 1.63. The van der Waals surface area contributed by atoms with E-state index >= 15 is 0 Å². The van der Waals surface area contributed by atoms with Crippen LogP contribution in [0.1, 0.15) is 78.6 Å². The Bertz CT molecular complexity index is 480. The predicted octanol–water partition coefficient (Wildman–Crippen LogP) is 5.34. The van der Waals surface area contributed by atoms with Crippen LogP contribution in [0.2, 0.25) is 0 Å². The van der Waals surface area contributed by atoms with E-state index < -0.39 is 0 Å². The molecule has 124 valence electrons. The molecule has 0 heterocycles. The van der Waals surface area contributed by atoms with Gasteiger partial charge in [0.1, 0.15) is 0 Å². The molecule has 4 saturated carbocycles. The first-order valence-electron chi connectivity index (χ1n) is 9.83. The zero-order valence-electron chi connectivity index (χ0n) is 14.8. The summed E-state index contributed by atoms with van der Waals surface area (Å²) in [5, 5.41) is 10.1. The standard InChI is InChI=1S/C21H34O/c1-4-14-6-8-18-17-7-5-15-13-16(22)9-11-21(15,3)19(17)10-12-20(14,18)2/h4,15-19,22H,5-13H2,1-3H3/b14-4-/t15-,16+,17+,18+,19+,20-,21+/m1/s1. The molecular formula is C21H34O. The van der Waals surface area contributed by atoms with Gasteiger partial charge in [0.25, 0.3) is 0 Å². The van der Waals surface area contributed by atoms with Crippen molar-refractivity contribution in [3.8, 4) is 0 Å². The number of aliphatic hydroxyl groups excluding tert-OH is 1. The lowest BCUT2D eigenvalue weighted by Gasteiger charge is -2.60. The average molecular weight is 303 g/mol. The zero-order chi connectivity index (χ0) is 15.5. The van der Waals surface area contributed by atoms with Gasteiger partial charge in [0.05, 0.1) is 6.10 Å². The smallest absolute Gasteiger partial charge is 0.0543 e. The summed E-state index contributed by atoms with van der Waals surface area (Å²) in [5.74, 6) is 3.65. The molecule has 4 rings (SSSR count). The van der Waals surface area contributed by atoms with Crippen LogP contribution >= 0.6 is 0 Å². The molecule has 0 aromatic carbocycles. The van der Waals surface area contributed by atoms with E-state index in [1.165, 1.54) is 44.9 Å². The van der Waals surface area contributed by atoms with Crippen LogP contribution in [0, 0.1) is 34.5 Å². The van der Waals surface area contributed by atoms with Crippen LogP contribution in [0.4, 0.5) is 0 Å². The zero-order valence-corrected chi connectivity index (χ0v) is 14.8. The summed E-state index contributed by atoms with van der Waals surface area (Å²) in [6.07, 6.45) is 14.3. The summed E-state index contributed by atoms with van der Waals surface area (Å²) in [7, 11) is 0. The van der Waals surface area contributed by atoms with Gasteiger partial charge in [-0.1, -0.05) is 25.5 Å². The molecule has 0 aromatic rings. The van der Waals surface area contributed by atoms with Crippen molar-refractivity contribution in [2.45, 2.75) is 84.7 Å². The third-order valence-electron chi connectivity index (χ3n) is 8.83. The minimum atomic E-state index is -0.00964. The molecule has 1 heteroatoms. The third-order valence-corrected chi connectivity index (χ3v) is 8.83. The van der Waals surface area contributed by atoms with Crippen LogP contribution in [-0.2, 0) is 0 Å². The van der Waals surface area contributed by atoms with Crippen molar-refractivity contribution in [2.75, 3.05) is 0 Å². The molecule has 0 spiro atoms. The molecule has 0 bridgehead atoms. The van der Waals surface area contributed by atoms with Gasteiger partial charge < -0.3 is 5.11 Å². The van der Waals surface area contributed by atoms with Gasteiger partial charge in [-0.2, -0.15) is 0 Å². The van der Waals surface area contributed by atoms with Crippen molar-refractivity contribution < 1.29 is 5.11 Å². The molecule has 4 fully saturated rings. The lowest BCUT2D eigenvalue weighted by atomic mass is 9.45. The van der Waals surface area contributed by atoms with Crippen LogP contribution in [0.5, 0.6) is 0 Å². The number of aliphatic hydroxyl groups is 1. The monoisotopic (exact) mass is 302 g/mol. The van der Waals surface area contributed by atoms with Crippen molar-refractivity contribution in [1.82, 2.24) is 0 Å². The molecule has 0 amide bonds. The summed E-state index contributed by atoms with van der Waals surface area (Å²) in [5.41, 5.74) is 2.82. The fourth-order valence-corrected chi connectivity index (χ4v) is 7.56. The minimum absolute atomic E-state index is 0.00964. The van der Waals surface area contributed by atoms with Crippen LogP contribution in [-0.4, -0.2) is 11.2 Å². The Morgan fingerprint density at radius 3 is 2.59 bits per heavy atom. The molecule has 0 aliphatic heterocycles. The van der Waals surface area contributed by atoms with Crippen LogP contribution in [0.3, 0.4) is 0 Å². The van der Waals surface area contributed by atoms with E-state index in [4.69, 9.17) is 0 Å². The molecule has 0 saturated heterocycles. The maximum Gasteiger partial charge on any atom is 0.0543 e. The van der Waals surface area contributed by atoms with Gasteiger partial charge >= 0.3 is 0 Å². The lowest BCUT2D eigenvalue weighted by Crippen LogP contribution is -2.53. The predicted molar refractivity (Wildman–Crippen MR) is 91.5 cm³/mol. The van der Waals surface area contributed by atoms with Crippen molar-refractivity contribution in [3.63, 3.8) is 0 Å². The van der Waals surface area contributed by atoms with Crippen LogP contribution < -0.4 is 0 Å². The van der Waals surface area contributed by atoms with E-state index in [2.05, 4.69) is 26.8 Å². The average Bonchev–Trinajstić information content (AvgIpc) is 2.84. The minimum Gasteiger partial charge on any atom is -0.393 e. The summed E-state index contributed by atoms with van der Waals surface area (Å²) in [6, 6.07) is 0. The Morgan fingerprint density at radius 1 is 1.00 bits per heavy atom. The normalized spacial score (nSPS) is 56.4. The highest BCUT2D eigenvalue weighted by molar-refractivity contribution is 5.23. The highest BCUT2D eigenvalue weighted by Crippen LogP contribution is 2.67. The van der Waals surface area contributed by atoms with Gasteiger partial charge in [-0.05, 0) is 99.2 Å². The van der Waals surface area contributed by atoms with E-state index in [-0.39, 0.29) is 6.10 Å². The second kappa shape index (κ2) is 5.10. The van der Waals surface area contributed by atoms with Crippen molar-refractivity contribution in [2.24, 2.45) is 34.5 Å². The molecule has 0 aromatic heterocycles. The van der Waals surface area contributed by atoms with Gasteiger partial charge in [-0.25, -0.2) is 0 Å². The highest BCUT2D eigenvalue weighted by Gasteiger charge is 2.58. The van der Waals surface area contributed by atoms with Crippen molar-refractivity contribution in [3.05, 3.63) is 11.6 Å². The van der Waals surface area contributed by atoms with Gasteiger partial charge in [0, 0.05) is 0 Å². The summed E-state index contributed by atoms with van der Waals surface area (Å²) >= 11 is 0. The number of hydrogen-bond acceptors (Lipinski definition) is 1. The van der Waals surface area contributed by atoms with E-state index in [9.17, 15) is 5.11 Å². The first-order valence-corrected chi connectivity index (χ1v) is 9.83. The quantitative estimate of drug-likeness (QED) is 0.599. The van der Waals surface area contributed by atoms with E-state index in [1.807, 2.05) is 0 Å². The maximum absolute atomic E-state index is 10.1. The molecule has 22 heavy (non-hydrogen) atoms. The number of fused-ring (bicyclic) bond motifs is 5. The molecule has 4 aliphatic rings. The largest absolute Gasteiger partial charge is 0.393 e. The second-order valence-electron chi connectivity index (χ2n) is 9.39. The topological polar surface area (TPSA) is 20.2 Å². The molecular weight excluding hydrogens is 268 g/mol. The molecule has 4 aliphatic carbocycles. The molecule has 0 unspecified atom stereocenters. The highest BCUT2D eigenvalue weighted by atomic mass is 16.3. The maximum atomic E-state index is 10.1. The Hall–Kier alpha value is -0.300. The van der Waals surface area contributed by atoms with Crippen molar-refractivity contribution in [1.29, 1.82) is 0 Å². The molecule has 1 N–H and O–H groups in total. The first-order chi connectivity index (χ1) is 10.5. The van der Waals surface area contributed by atoms with E-state index in [0.717, 1.165) is 36.5 Å². The second-order valence-corrected chi connectivity index (χ2v) is 9.39. The first kappa shape index (κ1) is 15.2. The van der Waals surface area contributed by atoms with Gasteiger partial charge in [-0.15, -0.1) is 0 Å². The van der Waals surface area contributed by atoms with Crippen molar-refractivity contribution >= 4 is 0 Å². The SMILES string of the molecule is C/C=C1/CC[C@H]2[C@@H]3CC[C@@H]4C[C@@H](O)CC[C@]4(C)[C@H]3CC[C@]12C. The summed E-state index contributed by atoms with van der Waals surface area (Å²) < 4.78 is 0. The number of rotatable bonds is 0. The molecule has 1 nitrogen and oxygen atoms in total. The fourth-order valence-electron chi connectivity index (χ4n) is 7.56. The molecule has 0 radical (unpaired) electrons. The fraction of sp³-hybridized carbons (Fsp3) is 0.905. The van der Waals surface area contributed by atoms with Gasteiger partial charge in [-0.3, -0.25) is 0 Å². The Kier molecular flexibility index (Phi) is 3.53. The van der Waals surface area contributed by atoms with Gasteiger partial charge in [0.15, 0.2) is 0 Å². The van der Waals surface area contributed by atoms with E-state index in [1.54, 1.807) is 5.57 Å².